The Morgan fingerprint density at radius 1 is 0.773 bits per heavy atom. The molecular formula is C14H28N4O4. The predicted molar refractivity (Wildman–Crippen MR) is 82.7 cm³/mol. The Kier molecular flexibility index (Phi) is 9.72. The second-order valence-electron chi connectivity index (χ2n) is 5.41. The van der Waals surface area contributed by atoms with E-state index in [2.05, 4.69) is 20.4 Å². The third-order valence-corrected chi connectivity index (χ3v) is 3.33. The number of likely N-dealkylation sites (N-methyl/N-ethyl adjacent to an activating group) is 2. The summed E-state index contributed by atoms with van der Waals surface area (Å²) in [4.78, 5) is 27.4. The summed E-state index contributed by atoms with van der Waals surface area (Å²) in [5.41, 5.74) is 0. The average Bonchev–Trinajstić information content (AvgIpc) is 2.48. The molecule has 0 aliphatic carbocycles. The molecular weight excluding hydrogens is 288 g/mol. The van der Waals surface area contributed by atoms with Crippen molar-refractivity contribution in [3.63, 3.8) is 0 Å². The van der Waals surface area contributed by atoms with Gasteiger partial charge in [-0.15, -0.1) is 0 Å². The normalized spacial score (nSPS) is 23.2. The Balaban J connectivity index is 2.35. The molecule has 0 spiro atoms. The first-order valence-corrected chi connectivity index (χ1v) is 7.64. The van der Waals surface area contributed by atoms with Crippen molar-refractivity contribution in [2.24, 2.45) is 0 Å². The number of rotatable bonds is 0. The van der Waals surface area contributed by atoms with E-state index in [1.807, 2.05) is 14.1 Å². The summed E-state index contributed by atoms with van der Waals surface area (Å²) in [5.74, 6) is -0.270. The Hall–Kier alpha value is -1.22. The molecule has 0 unspecified atom stereocenters. The number of carbonyl (C=O) groups is 2. The number of hydrogen-bond acceptors (Lipinski definition) is 6. The van der Waals surface area contributed by atoms with Gasteiger partial charge >= 0.3 is 0 Å². The Morgan fingerprint density at radius 2 is 1.18 bits per heavy atom. The van der Waals surface area contributed by atoms with Crippen molar-refractivity contribution in [1.29, 1.82) is 0 Å². The van der Waals surface area contributed by atoms with E-state index in [0.29, 0.717) is 26.3 Å². The van der Waals surface area contributed by atoms with E-state index in [1.54, 1.807) is 0 Å². The van der Waals surface area contributed by atoms with Gasteiger partial charge in [0, 0.05) is 39.3 Å². The molecule has 128 valence electrons. The van der Waals surface area contributed by atoms with E-state index in [-0.39, 0.29) is 25.0 Å². The Morgan fingerprint density at radius 3 is 1.59 bits per heavy atom. The van der Waals surface area contributed by atoms with Crippen molar-refractivity contribution in [1.82, 2.24) is 20.4 Å². The molecule has 0 radical (unpaired) electrons. The minimum atomic E-state index is -0.135. The third kappa shape index (κ3) is 9.67. The standard InChI is InChI=1S/C14H28N4O4/c1-17-5-3-15-13(19)11-21-9-10-22-12-14(20)16-4-6-18(2)8-7-17/h3-12H2,1-2H3,(H,15,19)(H,16,20). The summed E-state index contributed by atoms with van der Waals surface area (Å²) < 4.78 is 10.4. The molecule has 1 aliphatic heterocycles. The molecule has 1 saturated heterocycles. The molecule has 0 aromatic heterocycles. The molecule has 22 heavy (non-hydrogen) atoms. The van der Waals surface area contributed by atoms with Crippen molar-refractivity contribution < 1.29 is 19.1 Å². The van der Waals surface area contributed by atoms with E-state index in [4.69, 9.17) is 9.47 Å². The second kappa shape index (κ2) is 11.4. The summed E-state index contributed by atoms with van der Waals surface area (Å²) in [5, 5.41) is 5.62. The topological polar surface area (TPSA) is 83.1 Å². The molecule has 1 aliphatic rings. The third-order valence-electron chi connectivity index (χ3n) is 3.33. The smallest absolute Gasteiger partial charge is 0.246 e. The monoisotopic (exact) mass is 316 g/mol. The lowest BCUT2D eigenvalue weighted by molar-refractivity contribution is -0.129. The second-order valence-corrected chi connectivity index (χ2v) is 5.41. The fraction of sp³-hybridized carbons (Fsp3) is 0.857. The molecule has 0 bridgehead atoms. The van der Waals surface area contributed by atoms with Crippen LogP contribution in [-0.2, 0) is 19.1 Å². The van der Waals surface area contributed by atoms with Crippen molar-refractivity contribution in [3.05, 3.63) is 0 Å². The van der Waals surface area contributed by atoms with Gasteiger partial charge in [-0.25, -0.2) is 0 Å². The summed E-state index contributed by atoms with van der Waals surface area (Å²) >= 11 is 0. The largest absolute Gasteiger partial charge is 0.369 e. The van der Waals surface area contributed by atoms with Crippen molar-refractivity contribution >= 4 is 11.8 Å². The summed E-state index contributed by atoms with van der Waals surface area (Å²) in [6, 6.07) is 0. The first-order valence-electron chi connectivity index (χ1n) is 7.64. The number of nitrogens with zero attached hydrogens (tertiary/aromatic N) is 2. The number of hydrogen-bond donors (Lipinski definition) is 2. The van der Waals surface area contributed by atoms with E-state index < -0.39 is 0 Å². The molecule has 0 atom stereocenters. The fourth-order valence-electron chi connectivity index (χ4n) is 1.89. The van der Waals surface area contributed by atoms with Gasteiger partial charge in [-0.2, -0.15) is 0 Å². The van der Waals surface area contributed by atoms with E-state index >= 15 is 0 Å². The highest BCUT2D eigenvalue weighted by atomic mass is 16.5. The van der Waals surface area contributed by atoms with Crippen LogP contribution in [0.25, 0.3) is 0 Å². The van der Waals surface area contributed by atoms with Gasteiger partial charge in [0.1, 0.15) is 13.2 Å². The van der Waals surface area contributed by atoms with Crippen LogP contribution in [0.5, 0.6) is 0 Å². The van der Waals surface area contributed by atoms with Crippen LogP contribution in [0.1, 0.15) is 0 Å². The van der Waals surface area contributed by atoms with Gasteiger partial charge in [-0.1, -0.05) is 0 Å². The number of nitrogens with one attached hydrogen (secondary N) is 2. The van der Waals surface area contributed by atoms with Crippen molar-refractivity contribution in [2.45, 2.75) is 0 Å². The van der Waals surface area contributed by atoms with Crippen LogP contribution in [0, 0.1) is 0 Å². The van der Waals surface area contributed by atoms with Crippen LogP contribution >= 0.6 is 0 Å². The SMILES string of the molecule is CN1CCNC(=O)COCCOCC(=O)NCCN(C)CC1. The highest BCUT2D eigenvalue weighted by molar-refractivity contribution is 5.77. The van der Waals surface area contributed by atoms with Gasteiger partial charge in [0.25, 0.3) is 0 Å². The van der Waals surface area contributed by atoms with Crippen LogP contribution in [0.3, 0.4) is 0 Å². The van der Waals surface area contributed by atoms with E-state index in [1.165, 1.54) is 0 Å². The maximum atomic E-state index is 11.5. The summed E-state index contributed by atoms with van der Waals surface area (Å²) in [6.45, 7) is 5.22. The minimum Gasteiger partial charge on any atom is -0.369 e. The highest BCUT2D eigenvalue weighted by Gasteiger charge is 2.06. The number of carbonyl (C=O) groups excluding carboxylic acids is 2. The first kappa shape index (κ1) is 18.8. The van der Waals surface area contributed by atoms with Gasteiger partial charge in [0.15, 0.2) is 0 Å². The molecule has 1 fully saturated rings. The van der Waals surface area contributed by atoms with Crippen molar-refractivity contribution in [3.8, 4) is 0 Å². The van der Waals surface area contributed by atoms with E-state index in [0.717, 1.165) is 26.2 Å². The van der Waals surface area contributed by atoms with Gasteiger partial charge < -0.3 is 29.9 Å². The van der Waals surface area contributed by atoms with E-state index in [9.17, 15) is 9.59 Å². The van der Waals surface area contributed by atoms with Gasteiger partial charge in [0.05, 0.1) is 13.2 Å². The zero-order valence-corrected chi connectivity index (χ0v) is 13.6. The molecule has 2 amide bonds. The first-order chi connectivity index (χ1) is 10.6. The summed E-state index contributed by atoms with van der Waals surface area (Å²) in [7, 11) is 4.04. The van der Waals surface area contributed by atoms with Crippen LogP contribution in [-0.4, -0.2) is 101 Å². The molecule has 8 nitrogen and oxygen atoms in total. The Bertz CT molecular complexity index is 309. The number of ether oxygens (including phenoxy) is 2. The van der Waals surface area contributed by atoms with Crippen molar-refractivity contribution in [2.75, 3.05) is 79.8 Å². The molecule has 1 rings (SSSR count). The maximum Gasteiger partial charge on any atom is 0.246 e. The molecule has 0 aromatic carbocycles. The lowest BCUT2D eigenvalue weighted by Gasteiger charge is -2.22. The molecule has 1 heterocycles. The predicted octanol–water partition coefficient (Wildman–Crippen LogP) is -1.87. The van der Waals surface area contributed by atoms with Gasteiger partial charge in [-0.05, 0) is 14.1 Å². The van der Waals surface area contributed by atoms with Crippen LogP contribution in [0.2, 0.25) is 0 Å². The molecule has 2 N–H and O–H groups in total. The summed E-state index contributed by atoms with van der Waals surface area (Å²) in [6.07, 6.45) is 0. The van der Waals surface area contributed by atoms with Crippen LogP contribution in [0.4, 0.5) is 0 Å². The average molecular weight is 316 g/mol. The zero-order chi connectivity index (χ0) is 16.2. The maximum absolute atomic E-state index is 11.5. The highest BCUT2D eigenvalue weighted by Crippen LogP contribution is 1.87. The molecule has 0 aromatic rings. The lowest BCUT2D eigenvalue weighted by Crippen LogP contribution is -2.40. The van der Waals surface area contributed by atoms with Crippen LogP contribution < -0.4 is 10.6 Å². The van der Waals surface area contributed by atoms with Crippen LogP contribution in [0.15, 0.2) is 0 Å². The van der Waals surface area contributed by atoms with Gasteiger partial charge in [0.2, 0.25) is 11.8 Å². The lowest BCUT2D eigenvalue weighted by atomic mass is 10.4. The number of amides is 2. The quantitative estimate of drug-likeness (QED) is 0.545. The molecule has 8 heteroatoms. The zero-order valence-electron chi connectivity index (χ0n) is 13.6. The molecule has 0 saturated carbocycles. The van der Waals surface area contributed by atoms with Gasteiger partial charge in [-0.3, -0.25) is 9.59 Å². The fourth-order valence-corrected chi connectivity index (χ4v) is 1.89. The Labute approximate surface area is 132 Å². The minimum absolute atomic E-state index is 0.0159.